The Balaban J connectivity index is 1.27. The molecule has 152 valence electrons. The second-order valence-electron chi connectivity index (χ2n) is 7.35. The maximum Gasteiger partial charge on any atom is 0.220 e. The fourth-order valence-corrected chi connectivity index (χ4v) is 3.15. The van der Waals surface area contributed by atoms with Crippen LogP contribution in [0.3, 0.4) is 0 Å². The number of aryl methyl sites for hydroxylation is 3. The highest BCUT2D eigenvalue weighted by Gasteiger charge is 2.07. The molecule has 4 aromatic rings. The van der Waals surface area contributed by atoms with Crippen LogP contribution in [-0.2, 0) is 17.8 Å². The van der Waals surface area contributed by atoms with Gasteiger partial charge in [0.25, 0.3) is 0 Å². The minimum Gasteiger partial charge on any atom is -0.439 e. The van der Waals surface area contributed by atoms with Gasteiger partial charge in [-0.1, -0.05) is 30.3 Å². The van der Waals surface area contributed by atoms with E-state index in [-0.39, 0.29) is 5.91 Å². The Bertz CT molecular complexity index is 1130. The van der Waals surface area contributed by atoms with Crippen molar-refractivity contribution in [2.75, 3.05) is 0 Å². The van der Waals surface area contributed by atoms with E-state index in [4.69, 9.17) is 4.74 Å². The lowest BCUT2D eigenvalue weighted by molar-refractivity contribution is -0.121. The van der Waals surface area contributed by atoms with Crippen molar-refractivity contribution >= 4 is 16.9 Å². The highest BCUT2D eigenvalue weighted by atomic mass is 16.5. The number of hydrogen-bond acceptors (Lipinski definition) is 4. The minimum atomic E-state index is -0.0221. The largest absolute Gasteiger partial charge is 0.439 e. The zero-order valence-electron chi connectivity index (χ0n) is 17.1. The quantitative estimate of drug-likeness (QED) is 0.474. The number of benzene rings is 2. The first-order chi connectivity index (χ1) is 14.6. The van der Waals surface area contributed by atoms with E-state index in [1.54, 1.807) is 6.20 Å². The van der Waals surface area contributed by atoms with Crippen LogP contribution >= 0.6 is 0 Å². The van der Waals surface area contributed by atoms with E-state index >= 15 is 0 Å². The van der Waals surface area contributed by atoms with Crippen molar-refractivity contribution in [2.45, 2.75) is 33.2 Å². The van der Waals surface area contributed by atoms with E-state index in [1.807, 2.05) is 62.4 Å². The number of aromatic nitrogens is 3. The number of pyridine rings is 1. The average Bonchev–Trinajstić information content (AvgIpc) is 3.17. The maximum absolute atomic E-state index is 12.2. The molecule has 1 amide bonds. The molecule has 0 saturated carbocycles. The molecule has 0 spiro atoms. The Labute approximate surface area is 175 Å². The Kier molecular flexibility index (Phi) is 5.75. The second kappa shape index (κ2) is 8.78. The van der Waals surface area contributed by atoms with Gasteiger partial charge in [-0.25, -0.2) is 9.97 Å². The number of hydrogen-bond donors (Lipinski definition) is 2. The molecule has 6 nitrogen and oxygen atoms in total. The Morgan fingerprint density at radius 1 is 1.10 bits per heavy atom. The van der Waals surface area contributed by atoms with Crippen molar-refractivity contribution in [1.82, 2.24) is 20.3 Å². The molecule has 2 aromatic heterocycles. The van der Waals surface area contributed by atoms with Gasteiger partial charge in [-0.15, -0.1) is 0 Å². The van der Waals surface area contributed by atoms with Gasteiger partial charge in [0.05, 0.1) is 11.0 Å². The van der Waals surface area contributed by atoms with Gasteiger partial charge in [0.1, 0.15) is 11.6 Å². The molecule has 0 fully saturated rings. The molecule has 2 N–H and O–H groups in total. The van der Waals surface area contributed by atoms with Crippen LogP contribution in [0.25, 0.3) is 11.0 Å². The zero-order valence-corrected chi connectivity index (χ0v) is 17.1. The van der Waals surface area contributed by atoms with Crippen molar-refractivity contribution < 1.29 is 9.53 Å². The fraction of sp³-hybridized carbons (Fsp3) is 0.208. The molecule has 0 saturated heterocycles. The molecule has 0 radical (unpaired) electrons. The molecule has 0 atom stereocenters. The number of nitrogens with zero attached hydrogens (tertiary/aromatic N) is 2. The lowest BCUT2D eigenvalue weighted by Crippen LogP contribution is -2.23. The molecule has 0 aliphatic rings. The van der Waals surface area contributed by atoms with E-state index in [1.165, 1.54) is 0 Å². The van der Waals surface area contributed by atoms with Gasteiger partial charge in [-0.2, -0.15) is 0 Å². The lowest BCUT2D eigenvalue weighted by atomic mass is 10.1. The lowest BCUT2D eigenvalue weighted by Gasteiger charge is -2.09. The van der Waals surface area contributed by atoms with Crippen LogP contribution in [0.2, 0.25) is 0 Å². The van der Waals surface area contributed by atoms with E-state index in [0.29, 0.717) is 25.3 Å². The molecule has 30 heavy (non-hydrogen) atoms. The van der Waals surface area contributed by atoms with Crippen molar-refractivity contribution in [1.29, 1.82) is 0 Å². The first-order valence-corrected chi connectivity index (χ1v) is 9.97. The van der Waals surface area contributed by atoms with Crippen molar-refractivity contribution in [3.63, 3.8) is 0 Å². The normalized spacial score (nSPS) is 10.9. The number of H-pyrrole nitrogens is 1. The highest BCUT2D eigenvalue weighted by Crippen LogP contribution is 2.24. The summed E-state index contributed by atoms with van der Waals surface area (Å²) in [4.78, 5) is 24.3. The summed E-state index contributed by atoms with van der Waals surface area (Å²) in [6.45, 7) is 4.46. The average molecular weight is 400 g/mol. The molecule has 0 aliphatic carbocycles. The number of amides is 1. The highest BCUT2D eigenvalue weighted by molar-refractivity contribution is 5.77. The molecule has 0 unspecified atom stereocenters. The Morgan fingerprint density at radius 2 is 1.97 bits per heavy atom. The molecule has 2 heterocycles. The molecule has 6 heteroatoms. The van der Waals surface area contributed by atoms with E-state index in [9.17, 15) is 4.79 Å². The smallest absolute Gasteiger partial charge is 0.220 e. The number of carbonyl (C=O) groups excluding carboxylic acids is 1. The number of rotatable bonds is 7. The first-order valence-electron chi connectivity index (χ1n) is 9.97. The summed E-state index contributed by atoms with van der Waals surface area (Å²) in [5, 5.41) is 2.93. The van der Waals surface area contributed by atoms with Gasteiger partial charge < -0.3 is 15.0 Å². The standard InChI is InChI=1S/C24H24N4O2/c1-16-7-8-17(2)21(13-16)30-24-12-9-18(15-26-24)14-25-23(29)11-10-22-27-19-5-3-4-6-20(19)28-22/h3-9,12-13,15H,10-11,14H2,1-2H3,(H,25,29)(H,27,28). The Morgan fingerprint density at radius 3 is 2.77 bits per heavy atom. The van der Waals surface area contributed by atoms with Gasteiger partial charge in [0.2, 0.25) is 11.8 Å². The van der Waals surface area contributed by atoms with Gasteiger partial charge in [-0.05, 0) is 48.7 Å². The van der Waals surface area contributed by atoms with Crippen LogP contribution in [0.5, 0.6) is 11.6 Å². The van der Waals surface area contributed by atoms with Gasteiger partial charge in [0.15, 0.2) is 0 Å². The minimum absolute atomic E-state index is 0.0221. The summed E-state index contributed by atoms with van der Waals surface area (Å²) in [5.41, 5.74) is 5.02. The summed E-state index contributed by atoms with van der Waals surface area (Å²) in [6.07, 6.45) is 2.67. The van der Waals surface area contributed by atoms with E-state index < -0.39 is 0 Å². The maximum atomic E-state index is 12.2. The summed E-state index contributed by atoms with van der Waals surface area (Å²) >= 11 is 0. The van der Waals surface area contributed by atoms with Crippen molar-refractivity contribution in [3.05, 3.63) is 83.3 Å². The van der Waals surface area contributed by atoms with Crippen LogP contribution in [0.1, 0.15) is 28.9 Å². The number of nitrogens with one attached hydrogen (secondary N) is 2. The van der Waals surface area contributed by atoms with Gasteiger partial charge in [0, 0.05) is 31.6 Å². The van der Waals surface area contributed by atoms with E-state index in [0.717, 1.165) is 39.3 Å². The summed E-state index contributed by atoms with van der Waals surface area (Å²) in [7, 11) is 0. The first kappa shape index (κ1) is 19.6. The number of carbonyl (C=O) groups is 1. The number of para-hydroxylation sites is 2. The molecular weight excluding hydrogens is 376 g/mol. The second-order valence-corrected chi connectivity index (χ2v) is 7.35. The molecule has 4 rings (SSSR count). The van der Waals surface area contributed by atoms with Crippen molar-refractivity contribution in [3.8, 4) is 11.6 Å². The third-order valence-electron chi connectivity index (χ3n) is 4.87. The SMILES string of the molecule is Cc1ccc(C)c(Oc2ccc(CNC(=O)CCc3nc4ccccc4[nH]3)cn2)c1. The fourth-order valence-electron chi connectivity index (χ4n) is 3.15. The number of fused-ring (bicyclic) bond motifs is 1. The topological polar surface area (TPSA) is 79.9 Å². The van der Waals surface area contributed by atoms with Gasteiger partial charge >= 0.3 is 0 Å². The van der Waals surface area contributed by atoms with Crippen LogP contribution in [0.4, 0.5) is 0 Å². The predicted molar refractivity (Wildman–Crippen MR) is 116 cm³/mol. The number of imidazole rings is 1. The Hall–Kier alpha value is -3.67. The molecule has 0 aliphatic heterocycles. The third-order valence-corrected chi connectivity index (χ3v) is 4.87. The van der Waals surface area contributed by atoms with E-state index in [2.05, 4.69) is 26.3 Å². The van der Waals surface area contributed by atoms with Crippen LogP contribution in [0, 0.1) is 13.8 Å². The number of aromatic amines is 1. The predicted octanol–water partition coefficient (Wildman–Crippen LogP) is 4.62. The summed E-state index contributed by atoms with van der Waals surface area (Å²) in [6, 6.07) is 17.6. The zero-order chi connectivity index (χ0) is 20.9. The molecule has 0 bridgehead atoms. The molecular formula is C24H24N4O2. The monoisotopic (exact) mass is 400 g/mol. The van der Waals surface area contributed by atoms with Gasteiger partial charge in [-0.3, -0.25) is 4.79 Å². The van der Waals surface area contributed by atoms with Crippen LogP contribution in [0.15, 0.2) is 60.8 Å². The van der Waals surface area contributed by atoms with Crippen LogP contribution < -0.4 is 10.1 Å². The molecule has 2 aromatic carbocycles. The third kappa shape index (κ3) is 4.84. The number of ether oxygens (including phenoxy) is 1. The summed E-state index contributed by atoms with van der Waals surface area (Å²) in [5.74, 6) is 2.13. The van der Waals surface area contributed by atoms with Crippen LogP contribution in [-0.4, -0.2) is 20.9 Å². The van der Waals surface area contributed by atoms with Crippen molar-refractivity contribution in [2.24, 2.45) is 0 Å². The summed E-state index contributed by atoms with van der Waals surface area (Å²) < 4.78 is 5.87.